The zero-order valence-electron chi connectivity index (χ0n) is 15.8. The van der Waals surface area contributed by atoms with Gasteiger partial charge in [-0.1, -0.05) is 12.1 Å². The van der Waals surface area contributed by atoms with E-state index >= 15 is 0 Å². The molecule has 2 N–H and O–H groups in total. The Morgan fingerprint density at radius 1 is 1.07 bits per heavy atom. The maximum atomic E-state index is 13.1. The van der Waals surface area contributed by atoms with Gasteiger partial charge in [0.15, 0.2) is 0 Å². The average Bonchev–Trinajstić information content (AvgIpc) is 3.22. The predicted octanol–water partition coefficient (Wildman–Crippen LogP) is 2.98. The topological polar surface area (TPSA) is 95.2 Å². The van der Waals surface area contributed by atoms with Gasteiger partial charge in [0, 0.05) is 18.2 Å². The van der Waals surface area contributed by atoms with Crippen LogP contribution in [0.2, 0.25) is 0 Å². The molecule has 2 aromatic carbocycles. The second-order valence-electron chi connectivity index (χ2n) is 7.72. The number of benzene rings is 2. The molecule has 8 heteroatoms. The molecule has 3 aromatic rings. The summed E-state index contributed by atoms with van der Waals surface area (Å²) < 4.78 is 27.3. The first kappa shape index (κ1) is 18.3. The lowest BCUT2D eigenvalue weighted by molar-refractivity contribution is 0.0730. The van der Waals surface area contributed by atoms with E-state index in [0.717, 1.165) is 42.5 Å². The molecule has 1 unspecified atom stereocenters. The van der Waals surface area contributed by atoms with Crippen LogP contribution in [0.25, 0.3) is 11.0 Å². The van der Waals surface area contributed by atoms with E-state index in [9.17, 15) is 13.2 Å². The molecule has 1 atom stereocenters. The fourth-order valence-electron chi connectivity index (χ4n) is 3.86. The molecular weight excluding hydrogens is 388 g/mol. The van der Waals surface area contributed by atoms with E-state index in [4.69, 9.17) is 0 Å². The maximum Gasteiger partial charge on any atom is 0.254 e. The molecule has 0 spiro atoms. The smallest absolute Gasteiger partial charge is 0.254 e. The number of imidazole rings is 1. The van der Waals surface area contributed by atoms with Gasteiger partial charge < -0.3 is 9.88 Å². The van der Waals surface area contributed by atoms with E-state index in [2.05, 4.69) is 14.7 Å². The van der Waals surface area contributed by atoms with Crippen LogP contribution in [0.15, 0.2) is 53.4 Å². The number of aromatic nitrogens is 2. The number of likely N-dealkylation sites (tertiary alicyclic amines) is 1. The Labute approximate surface area is 169 Å². The van der Waals surface area contributed by atoms with Gasteiger partial charge in [0.05, 0.1) is 22.0 Å². The highest BCUT2D eigenvalue weighted by atomic mass is 32.2. The lowest BCUT2D eigenvalue weighted by Crippen LogP contribution is -2.31. The third-order valence-corrected chi connectivity index (χ3v) is 7.08. The van der Waals surface area contributed by atoms with Gasteiger partial charge in [-0.05, 0) is 62.1 Å². The summed E-state index contributed by atoms with van der Waals surface area (Å²) in [7, 11) is -3.52. The van der Waals surface area contributed by atoms with Gasteiger partial charge >= 0.3 is 0 Å². The van der Waals surface area contributed by atoms with E-state index in [1.165, 1.54) is 12.1 Å². The Morgan fingerprint density at radius 2 is 1.83 bits per heavy atom. The molecule has 150 valence electrons. The molecular formula is C21H22N4O3S. The predicted molar refractivity (Wildman–Crippen MR) is 109 cm³/mol. The first-order valence-corrected chi connectivity index (χ1v) is 11.4. The van der Waals surface area contributed by atoms with E-state index < -0.39 is 10.0 Å². The van der Waals surface area contributed by atoms with E-state index in [1.807, 2.05) is 29.2 Å². The summed E-state index contributed by atoms with van der Waals surface area (Å²) in [6, 6.07) is 14.0. The van der Waals surface area contributed by atoms with Crippen molar-refractivity contribution < 1.29 is 13.2 Å². The second-order valence-corrected chi connectivity index (χ2v) is 9.43. The van der Waals surface area contributed by atoms with Crippen molar-refractivity contribution in [2.45, 2.75) is 42.7 Å². The zero-order chi connectivity index (χ0) is 20.0. The third-order valence-electron chi connectivity index (χ3n) is 5.55. The number of hydrogen-bond donors (Lipinski definition) is 2. The molecule has 7 nitrogen and oxygen atoms in total. The van der Waals surface area contributed by atoms with E-state index in [-0.39, 0.29) is 22.9 Å². The maximum absolute atomic E-state index is 13.1. The third kappa shape index (κ3) is 3.54. The van der Waals surface area contributed by atoms with Crippen molar-refractivity contribution >= 4 is 27.0 Å². The Morgan fingerprint density at radius 3 is 2.55 bits per heavy atom. The summed E-state index contributed by atoms with van der Waals surface area (Å²) in [4.78, 5) is 23.1. The van der Waals surface area contributed by atoms with Gasteiger partial charge in [0.25, 0.3) is 5.91 Å². The molecule has 1 saturated heterocycles. The number of nitrogens with one attached hydrogen (secondary N) is 2. The first-order chi connectivity index (χ1) is 14.0. The Bertz CT molecular complexity index is 1130. The van der Waals surface area contributed by atoms with Crippen LogP contribution in [-0.2, 0) is 10.0 Å². The van der Waals surface area contributed by atoms with Crippen LogP contribution in [0.1, 0.15) is 47.9 Å². The molecule has 5 rings (SSSR count). The van der Waals surface area contributed by atoms with Crippen LogP contribution in [-0.4, -0.2) is 41.8 Å². The molecule has 0 radical (unpaired) electrons. The number of sulfonamides is 1. The molecule has 2 fully saturated rings. The number of fused-ring (bicyclic) bond motifs is 1. The fraction of sp³-hybridized carbons (Fsp3) is 0.333. The van der Waals surface area contributed by atoms with Crippen molar-refractivity contribution in [2.24, 2.45) is 0 Å². The second kappa shape index (κ2) is 6.96. The largest absolute Gasteiger partial charge is 0.340 e. The number of para-hydroxylation sites is 2. The Hall–Kier alpha value is -2.71. The van der Waals surface area contributed by atoms with Crippen molar-refractivity contribution in [3.05, 3.63) is 59.9 Å². The first-order valence-electron chi connectivity index (χ1n) is 9.89. The summed E-state index contributed by atoms with van der Waals surface area (Å²) in [5.74, 6) is 0.692. The minimum Gasteiger partial charge on any atom is -0.340 e. The van der Waals surface area contributed by atoms with E-state index in [1.54, 1.807) is 12.1 Å². The van der Waals surface area contributed by atoms with Gasteiger partial charge in [-0.3, -0.25) is 4.79 Å². The molecule has 1 aliphatic heterocycles. The summed E-state index contributed by atoms with van der Waals surface area (Å²) >= 11 is 0. The van der Waals surface area contributed by atoms with Crippen molar-refractivity contribution in [3.63, 3.8) is 0 Å². The summed E-state index contributed by atoms with van der Waals surface area (Å²) in [6.07, 6.45) is 3.52. The molecule has 2 heterocycles. The lowest BCUT2D eigenvalue weighted by atomic mass is 10.1. The molecule has 0 bridgehead atoms. The van der Waals surface area contributed by atoms with Crippen LogP contribution in [0, 0.1) is 0 Å². The van der Waals surface area contributed by atoms with Crippen LogP contribution < -0.4 is 4.72 Å². The normalized spacial score (nSPS) is 19.7. The number of rotatable bonds is 5. The molecule has 1 saturated carbocycles. The minimum absolute atomic E-state index is 0.0514. The molecule has 1 aliphatic carbocycles. The van der Waals surface area contributed by atoms with Gasteiger partial charge in [-0.15, -0.1) is 0 Å². The number of H-pyrrole nitrogens is 1. The van der Waals surface area contributed by atoms with E-state index in [0.29, 0.717) is 12.1 Å². The Balaban J connectivity index is 1.37. The van der Waals surface area contributed by atoms with Gasteiger partial charge in [-0.25, -0.2) is 18.1 Å². The highest BCUT2D eigenvalue weighted by molar-refractivity contribution is 7.89. The standard InChI is InChI=1S/C21H22N4O3S/c26-21(14-7-11-16(12-8-14)29(27,28)24-15-9-10-15)25-13-3-6-19(25)20-22-17-4-1-2-5-18(17)23-20/h1-2,4-5,7-8,11-12,15,19,24H,3,6,9-10,13H2,(H,22,23). The van der Waals surface area contributed by atoms with Crippen molar-refractivity contribution in [1.82, 2.24) is 19.6 Å². The van der Waals surface area contributed by atoms with Crippen LogP contribution in [0.3, 0.4) is 0 Å². The average molecular weight is 410 g/mol. The van der Waals surface area contributed by atoms with Crippen LogP contribution >= 0.6 is 0 Å². The number of amides is 1. The quantitative estimate of drug-likeness (QED) is 0.676. The molecule has 1 aromatic heterocycles. The Kier molecular flexibility index (Phi) is 4.40. The van der Waals surface area contributed by atoms with Crippen molar-refractivity contribution in [3.8, 4) is 0 Å². The fourth-order valence-corrected chi connectivity index (χ4v) is 5.16. The zero-order valence-corrected chi connectivity index (χ0v) is 16.7. The molecule has 2 aliphatic rings. The van der Waals surface area contributed by atoms with Crippen molar-refractivity contribution in [1.29, 1.82) is 0 Å². The highest BCUT2D eigenvalue weighted by Crippen LogP contribution is 2.33. The number of aromatic amines is 1. The summed E-state index contributed by atoms with van der Waals surface area (Å²) in [5.41, 5.74) is 2.33. The number of nitrogens with zero attached hydrogens (tertiary/aromatic N) is 2. The summed E-state index contributed by atoms with van der Waals surface area (Å²) in [5, 5.41) is 0. The van der Waals surface area contributed by atoms with Gasteiger partial charge in [0.2, 0.25) is 10.0 Å². The highest BCUT2D eigenvalue weighted by Gasteiger charge is 2.33. The number of hydrogen-bond acceptors (Lipinski definition) is 4. The van der Waals surface area contributed by atoms with Gasteiger partial charge in [-0.2, -0.15) is 0 Å². The van der Waals surface area contributed by atoms with Crippen LogP contribution in [0.5, 0.6) is 0 Å². The monoisotopic (exact) mass is 410 g/mol. The lowest BCUT2D eigenvalue weighted by Gasteiger charge is -2.23. The minimum atomic E-state index is -3.52. The van der Waals surface area contributed by atoms with Crippen molar-refractivity contribution in [2.75, 3.05) is 6.54 Å². The number of carbonyl (C=O) groups excluding carboxylic acids is 1. The molecule has 29 heavy (non-hydrogen) atoms. The van der Waals surface area contributed by atoms with Crippen LogP contribution in [0.4, 0.5) is 0 Å². The SMILES string of the molecule is O=C(c1ccc(S(=O)(=O)NC2CC2)cc1)N1CCCC1c1nc2ccccc2[nH]1. The number of carbonyl (C=O) groups is 1. The molecule has 1 amide bonds. The summed E-state index contributed by atoms with van der Waals surface area (Å²) in [6.45, 7) is 0.657. The van der Waals surface area contributed by atoms with Gasteiger partial charge in [0.1, 0.15) is 5.82 Å².